The molecule has 1 aliphatic carbocycles. The van der Waals surface area contributed by atoms with Crippen LogP contribution in [0.3, 0.4) is 0 Å². The number of carbonyl (C=O) groups is 1. The van der Waals surface area contributed by atoms with Crippen molar-refractivity contribution in [1.29, 1.82) is 0 Å². The van der Waals surface area contributed by atoms with Crippen LogP contribution in [0.25, 0.3) is 10.9 Å². The number of benzene rings is 1. The predicted octanol–water partition coefficient (Wildman–Crippen LogP) is 4.75. The normalized spacial score (nSPS) is 16.1. The summed E-state index contributed by atoms with van der Waals surface area (Å²) in [5.41, 5.74) is 4.32. The number of nitrogens with zero attached hydrogens (tertiary/aromatic N) is 4. The second-order valence-electron chi connectivity index (χ2n) is 7.38. The summed E-state index contributed by atoms with van der Waals surface area (Å²) >= 11 is 1.69. The molecule has 5 rings (SSSR count). The van der Waals surface area contributed by atoms with E-state index in [2.05, 4.69) is 37.4 Å². The molecule has 0 unspecified atom stereocenters. The van der Waals surface area contributed by atoms with E-state index in [0.717, 1.165) is 34.3 Å². The van der Waals surface area contributed by atoms with Gasteiger partial charge in [0, 0.05) is 28.8 Å². The lowest BCUT2D eigenvalue weighted by Crippen LogP contribution is -2.20. The van der Waals surface area contributed by atoms with E-state index < -0.39 is 0 Å². The maximum Gasteiger partial charge on any atom is 0.230 e. The second-order valence-corrected chi connectivity index (χ2v) is 8.36. The van der Waals surface area contributed by atoms with Gasteiger partial charge < -0.3 is 0 Å². The number of aryl methyl sites for hydroxylation is 2. The first kappa shape index (κ1) is 17.9. The Morgan fingerprint density at radius 3 is 2.79 bits per heavy atom. The average Bonchev–Trinajstić information content (AvgIpc) is 3.22. The summed E-state index contributed by atoms with van der Waals surface area (Å²) in [5.74, 6) is 1.15. The minimum Gasteiger partial charge on any atom is -0.294 e. The molecule has 7 heteroatoms. The van der Waals surface area contributed by atoms with Crippen molar-refractivity contribution in [2.24, 2.45) is 0 Å². The Morgan fingerprint density at radius 1 is 1.07 bits per heavy atom. The van der Waals surface area contributed by atoms with Crippen LogP contribution < -0.4 is 5.32 Å². The van der Waals surface area contributed by atoms with Crippen LogP contribution in [0.5, 0.6) is 0 Å². The first-order valence-corrected chi connectivity index (χ1v) is 10.4. The molecule has 0 bridgehead atoms. The van der Waals surface area contributed by atoms with Gasteiger partial charge in [-0.15, -0.1) is 11.3 Å². The minimum absolute atomic E-state index is 0.101. The van der Waals surface area contributed by atoms with E-state index in [-0.39, 0.29) is 11.7 Å². The van der Waals surface area contributed by atoms with Crippen LogP contribution in [0.2, 0.25) is 0 Å². The van der Waals surface area contributed by atoms with Crippen molar-refractivity contribution in [1.82, 2.24) is 19.9 Å². The lowest BCUT2D eigenvalue weighted by Gasteiger charge is -2.22. The highest BCUT2D eigenvalue weighted by Crippen LogP contribution is 2.34. The van der Waals surface area contributed by atoms with Gasteiger partial charge in [0.05, 0.1) is 22.5 Å². The lowest BCUT2D eigenvalue weighted by molar-refractivity contribution is 0.0963. The van der Waals surface area contributed by atoms with Gasteiger partial charge in [0.2, 0.25) is 11.9 Å². The van der Waals surface area contributed by atoms with Gasteiger partial charge in [0.1, 0.15) is 0 Å². The summed E-state index contributed by atoms with van der Waals surface area (Å²) in [6.45, 7) is 4.00. The average molecular weight is 401 g/mol. The Hall–Kier alpha value is -3.19. The Bertz CT molecular complexity index is 1240. The molecule has 0 amide bonds. The fraction of sp³-hybridized carbons (Fsp3) is 0.227. The maximum atomic E-state index is 12.6. The van der Waals surface area contributed by atoms with Gasteiger partial charge in [-0.25, -0.2) is 19.9 Å². The van der Waals surface area contributed by atoms with Gasteiger partial charge >= 0.3 is 0 Å². The first-order chi connectivity index (χ1) is 14.1. The molecule has 0 fully saturated rings. The SMILES string of the molecule is Cc1ccc2c(C)nc(Nc3ncc4c(n3)C[C@@H](c3cccs3)CC4=O)nc2c1. The van der Waals surface area contributed by atoms with Crippen molar-refractivity contribution in [3.8, 4) is 0 Å². The monoisotopic (exact) mass is 401 g/mol. The number of aromatic nitrogens is 4. The van der Waals surface area contributed by atoms with Crippen molar-refractivity contribution >= 4 is 39.9 Å². The van der Waals surface area contributed by atoms with Crippen LogP contribution in [0, 0.1) is 13.8 Å². The number of hydrogen-bond donors (Lipinski definition) is 1. The number of carbonyl (C=O) groups excluding carboxylic acids is 1. The highest BCUT2D eigenvalue weighted by Gasteiger charge is 2.28. The van der Waals surface area contributed by atoms with Crippen LogP contribution in [0.1, 0.15) is 44.5 Å². The van der Waals surface area contributed by atoms with Gasteiger partial charge in [-0.2, -0.15) is 0 Å². The molecule has 0 aliphatic heterocycles. The number of rotatable bonds is 3. The fourth-order valence-electron chi connectivity index (χ4n) is 3.78. The van der Waals surface area contributed by atoms with Gasteiger partial charge in [0.25, 0.3) is 0 Å². The molecule has 3 aromatic heterocycles. The molecule has 1 aromatic carbocycles. The van der Waals surface area contributed by atoms with Gasteiger partial charge in [-0.1, -0.05) is 18.2 Å². The van der Waals surface area contributed by atoms with Crippen LogP contribution in [0.15, 0.2) is 41.9 Å². The van der Waals surface area contributed by atoms with E-state index in [4.69, 9.17) is 0 Å². The molecule has 1 atom stereocenters. The standard InChI is InChI=1S/C22H19N5OS/c1-12-5-6-15-13(2)24-22(26-17(15)8-12)27-21-23-11-16-18(25-21)9-14(10-19(16)28)20-4-3-7-29-20/h3-8,11,14H,9-10H2,1-2H3,(H,23,24,25,26,27)/t14-/m1/s1. The number of hydrogen-bond acceptors (Lipinski definition) is 7. The predicted molar refractivity (Wildman–Crippen MR) is 114 cm³/mol. The fourth-order valence-corrected chi connectivity index (χ4v) is 4.61. The molecule has 0 spiro atoms. The molecule has 6 nitrogen and oxygen atoms in total. The van der Waals surface area contributed by atoms with E-state index in [0.29, 0.717) is 23.9 Å². The third-order valence-corrected chi connectivity index (χ3v) is 6.29. The summed E-state index contributed by atoms with van der Waals surface area (Å²) < 4.78 is 0. The number of ketones is 1. The van der Waals surface area contributed by atoms with Crippen LogP contribution in [-0.2, 0) is 6.42 Å². The largest absolute Gasteiger partial charge is 0.294 e. The zero-order chi connectivity index (χ0) is 20.0. The Morgan fingerprint density at radius 2 is 1.97 bits per heavy atom. The van der Waals surface area contributed by atoms with E-state index in [1.54, 1.807) is 17.5 Å². The van der Waals surface area contributed by atoms with E-state index in [1.165, 1.54) is 4.88 Å². The minimum atomic E-state index is 0.101. The summed E-state index contributed by atoms with van der Waals surface area (Å²) in [6, 6.07) is 10.2. The molecule has 29 heavy (non-hydrogen) atoms. The van der Waals surface area contributed by atoms with Crippen LogP contribution in [0.4, 0.5) is 11.9 Å². The second kappa shape index (κ2) is 7.00. The molecule has 0 radical (unpaired) electrons. The Labute approximate surface area is 172 Å². The number of fused-ring (bicyclic) bond motifs is 2. The van der Waals surface area contributed by atoms with Crippen molar-refractivity contribution < 1.29 is 4.79 Å². The number of anilines is 2. The molecule has 0 saturated carbocycles. The van der Waals surface area contributed by atoms with Crippen LogP contribution >= 0.6 is 11.3 Å². The van der Waals surface area contributed by atoms with E-state index in [9.17, 15) is 4.79 Å². The van der Waals surface area contributed by atoms with Crippen molar-refractivity contribution in [2.45, 2.75) is 32.6 Å². The Balaban J connectivity index is 1.47. The molecule has 1 N–H and O–H groups in total. The molecule has 144 valence electrons. The van der Waals surface area contributed by atoms with E-state index in [1.807, 2.05) is 37.4 Å². The molecular formula is C22H19N5OS. The van der Waals surface area contributed by atoms with Crippen molar-refractivity contribution in [2.75, 3.05) is 5.32 Å². The Kier molecular flexibility index (Phi) is 4.32. The van der Waals surface area contributed by atoms with Crippen molar-refractivity contribution in [3.63, 3.8) is 0 Å². The van der Waals surface area contributed by atoms with Gasteiger partial charge in [-0.3, -0.25) is 10.1 Å². The summed E-state index contributed by atoms with van der Waals surface area (Å²) in [4.78, 5) is 31.9. The number of nitrogens with one attached hydrogen (secondary N) is 1. The first-order valence-electron chi connectivity index (χ1n) is 9.51. The molecule has 3 heterocycles. The molecule has 1 aliphatic rings. The molecular weight excluding hydrogens is 382 g/mol. The molecule has 4 aromatic rings. The quantitative estimate of drug-likeness (QED) is 0.533. The van der Waals surface area contributed by atoms with Gasteiger partial charge in [-0.05, 0) is 43.3 Å². The van der Waals surface area contributed by atoms with Crippen LogP contribution in [-0.4, -0.2) is 25.7 Å². The van der Waals surface area contributed by atoms with Crippen molar-refractivity contribution in [3.05, 3.63) is 69.3 Å². The van der Waals surface area contributed by atoms with Gasteiger partial charge in [0.15, 0.2) is 5.78 Å². The number of thiophene rings is 1. The third-order valence-electron chi connectivity index (χ3n) is 5.25. The third kappa shape index (κ3) is 3.38. The summed E-state index contributed by atoms with van der Waals surface area (Å²) in [6.07, 6.45) is 2.86. The zero-order valence-electron chi connectivity index (χ0n) is 16.1. The number of Topliss-reactive ketones (excluding diaryl/α,β-unsaturated/α-hetero) is 1. The highest BCUT2D eigenvalue weighted by molar-refractivity contribution is 7.10. The van der Waals surface area contributed by atoms with E-state index >= 15 is 0 Å². The summed E-state index contributed by atoms with van der Waals surface area (Å²) in [7, 11) is 0. The smallest absolute Gasteiger partial charge is 0.230 e. The molecule has 0 saturated heterocycles. The maximum absolute atomic E-state index is 12.6. The zero-order valence-corrected chi connectivity index (χ0v) is 17.0. The summed E-state index contributed by atoms with van der Waals surface area (Å²) in [5, 5.41) is 6.19. The topological polar surface area (TPSA) is 80.7 Å². The highest BCUT2D eigenvalue weighted by atomic mass is 32.1. The lowest BCUT2D eigenvalue weighted by atomic mass is 9.86.